The number of sulfonamides is 1. The van der Waals surface area contributed by atoms with Crippen molar-refractivity contribution in [2.24, 2.45) is 0 Å². The molecule has 0 unspecified atom stereocenters. The Labute approximate surface area is 189 Å². The zero-order valence-electron chi connectivity index (χ0n) is 18.4. The Balaban J connectivity index is 1.48. The SMILES string of the molecule is CCCSc1nc2ccccc2n1CN1CCN(S(=O)(=O)c2ccc(C)c(C)c2)CC1. The first kappa shape index (κ1) is 22.3. The van der Waals surface area contributed by atoms with Crippen molar-refractivity contribution in [2.45, 2.75) is 43.9 Å². The summed E-state index contributed by atoms with van der Waals surface area (Å²) in [7, 11) is -3.46. The number of para-hydroxylation sites is 2. The van der Waals surface area contributed by atoms with Gasteiger partial charge < -0.3 is 4.57 Å². The molecule has 0 radical (unpaired) electrons. The number of imidazole rings is 1. The molecule has 166 valence electrons. The summed E-state index contributed by atoms with van der Waals surface area (Å²) in [6.45, 7) is 9.26. The topological polar surface area (TPSA) is 58.4 Å². The first-order valence-corrected chi connectivity index (χ1v) is 13.2. The van der Waals surface area contributed by atoms with Gasteiger partial charge >= 0.3 is 0 Å². The van der Waals surface area contributed by atoms with Crippen LogP contribution in [0.25, 0.3) is 11.0 Å². The van der Waals surface area contributed by atoms with E-state index in [0.29, 0.717) is 31.1 Å². The van der Waals surface area contributed by atoms with Crippen LogP contribution in [0.4, 0.5) is 0 Å². The fourth-order valence-electron chi connectivity index (χ4n) is 3.83. The van der Waals surface area contributed by atoms with Crippen LogP contribution >= 0.6 is 11.8 Å². The number of fused-ring (bicyclic) bond motifs is 1. The molecule has 4 rings (SSSR count). The van der Waals surface area contributed by atoms with Crippen molar-refractivity contribution < 1.29 is 8.42 Å². The van der Waals surface area contributed by atoms with Crippen LogP contribution in [0.2, 0.25) is 0 Å². The summed E-state index contributed by atoms with van der Waals surface area (Å²) in [5.74, 6) is 1.03. The third-order valence-corrected chi connectivity index (χ3v) is 8.92. The number of hydrogen-bond donors (Lipinski definition) is 0. The first-order valence-electron chi connectivity index (χ1n) is 10.8. The van der Waals surface area contributed by atoms with Gasteiger partial charge in [-0.25, -0.2) is 13.4 Å². The summed E-state index contributed by atoms with van der Waals surface area (Å²) in [5, 5.41) is 1.04. The minimum absolute atomic E-state index is 0.392. The molecule has 0 N–H and O–H groups in total. The van der Waals surface area contributed by atoms with E-state index in [1.807, 2.05) is 32.0 Å². The highest BCUT2D eigenvalue weighted by Crippen LogP contribution is 2.26. The number of hydrogen-bond acceptors (Lipinski definition) is 5. The lowest BCUT2D eigenvalue weighted by molar-refractivity contribution is 0.150. The monoisotopic (exact) mass is 458 g/mol. The average molecular weight is 459 g/mol. The highest BCUT2D eigenvalue weighted by molar-refractivity contribution is 7.99. The van der Waals surface area contributed by atoms with E-state index >= 15 is 0 Å². The van der Waals surface area contributed by atoms with Gasteiger partial charge in [-0.2, -0.15) is 4.31 Å². The Morgan fingerprint density at radius 1 is 1.00 bits per heavy atom. The molecule has 1 aliphatic heterocycles. The van der Waals surface area contributed by atoms with Crippen molar-refractivity contribution in [3.05, 3.63) is 53.6 Å². The van der Waals surface area contributed by atoms with Gasteiger partial charge in [-0.05, 0) is 55.7 Å². The zero-order chi connectivity index (χ0) is 22.0. The largest absolute Gasteiger partial charge is 0.305 e. The number of piperazine rings is 1. The minimum atomic E-state index is -3.46. The van der Waals surface area contributed by atoms with E-state index in [-0.39, 0.29) is 0 Å². The lowest BCUT2D eigenvalue weighted by Gasteiger charge is -2.34. The van der Waals surface area contributed by atoms with Gasteiger partial charge in [0.1, 0.15) is 0 Å². The molecule has 1 aliphatic rings. The molecule has 2 aromatic carbocycles. The van der Waals surface area contributed by atoms with Crippen molar-refractivity contribution >= 4 is 32.8 Å². The van der Waals surface area contributed by atoms with Gasteiger partial charge in [-0.15, -0.1) is 0 Å². The molecule has 1 saturated heterocycles. The van der Waals surface area contributed by atoms with Gasteiger partial charge in [0.15, 0.2) is 5.16 Å². The standard InChI is InChI=1S/C23H30N4O2S2/c1-4-15-30-23-24-21-7-5-6-8-22(21)27(23)17-25-11-13-26(14-12-25)31(28,29)20-10-9-18(2)19(3)16-20/h5-10,16H,4,11-15,17H2,1-3H3. The van der Waals surface area contributed by atoms with Crippen molar-refractivity contribution in [3.8, 4) is 0 Å². The van der Waals surface area contributed by atoms with Crippen LogP contribution in [0.5, 0.6) is 0 Å². The number of nitrogens with zero attached hydrogens (tertiary/aromatic N) is 4. The molecule has 1 fully saturated rings. The molecule has 8 heteroatoms. The first-order chi connectivity index (χ1) is 14.9. The van der Waals surface area contributed by atoms with Crippen molar-refractivity contribution in [2.75, 3.05) is 31.9 Å². The maximum absolute atomic E-state index is 13.1. The van der Waals surface area contributed by atoms with Crippen molar-refractivity contribution in [1.82, 2.24) is 18.8 Å². The quantitative estimate of drug-likeness (QED) is 0.499. The van der Waals surface area contributed by atoms with Crippen LogP contribution in [0.1, 0.15) is 24.5 Å². The predicted octanol–water partition coefficient (Wildman–Crippen LogP) is 4.12. The molecule has 0 spiro atoms. The molecule has 0 bridgehead atoms. The molecule has 0 saturated carbocycles. The van der Waals surface area contributed by atoms with Gasteiger partial charge in [0.05, 0.1) is 22.6 Å². The smallest absolute Gasteiger partial charge is 0.243 e. The summed E-state index contributed by atoms with van der Waals surface area (Å²) in [5.41, 5.74) is 4.25. The third kappa shape index (κ3) is 4.67. The van der Waals surface area contributed by atoms with Crippen molar-refractivity contribution in [1.29, 1.82) is 0 Å². The second kappa shape index (κ2) is 9.32. The molecular formula is C23H30N4O2S2. The van der Waals surface area contributed by atoms with Gasteiger partial charge in [0.2, 0.25) is 10.0 Å². The lowest BCUT2D eigenvalue weighted by Crippen LogP contribution is -2.48. The normalized spacial score (nSPS) is 16.2. The average Bonchev–Trinajstić information content (AvgIpc) is 3.12. The highest BCUT2D eigenvalue weighted by atomic mass is 32.2. The van der Waals surface area contributed by atoms with Crippen molar-refractivity contribution in [3.63, 3.8) is 0 Å². The molecule has 0 amide bonds. The number of thioether (sulfide) groups is 1. The second-order valence-electron chi connectivity index (χ2n) is 8.07. The molecule has 0 atom stereocenters. The van der Waals surface area contributed by atoms with Crippen LogP contribution in [0.15, 0.2) is 52.5 Å². The summed E-state index contributed by atoms with van der Waals surface area (Å²) in [6, 6.07) is 13.6. The van der Waals surface area contributed by atoms with E-state index in [0.717, 1.165) is 46.2 Å². The maximum Gasteiger partial charge on any atom is 0.243 e. The Hall–Kier alpha value is -1.87. The zero-order valence-corrected chi connectivity index (χ0v) is 20.0. The van der Waals surface area contributed by atoms with Crippen LogP contribution < -0.4 is 0 Å². The van der Waals surface area contributed by atoms with Crippen LogP contribution in [0, 0.1) is 13.8 Å². The molecule has 31 heavy (non-hydrogen) atoms. The molecule has 2 heterocycles. The Bertz CT molecular complexity index is 1170. The van der Waals surface area contributed by atoms with Gasteiger partial charge in [-0.1, -0.05) is 36.9 Å². The fourth-order valence-corrected chi connectivity index (χ4v) is 6.20. The van der Waals surface area contributed by atoms with E-state index in [4.69, 9.17) is 4.98 Å². The minimum Gasteiger partial charge on any atom is -0.305 e. The van der Waals surface area contributed by atoms with Gasteiger partial charge in [0.25, 0.3) is 0 Å². The summed E-state index contributed by atoms with van der Waals surface area (Å²) >= 11 is 1.78. The lowest BCUT2D eigenvalue weighted by atomic mass is 10.1. The summed E-state index contributed by atoms with van der Waals surface area (Å²) in [4.78, 5) is 7.53. The van der Waals surface area contributed by atoms with E-state index in [1.165, 1.54) is 0 Å². The maximum atomic E-state index is 13.1. The number of rotatable bonds is 7. The van der Waals surface area contributed by atoms with E-state index in [1.54, 1.807) is 28.2 Å². The molecular weight excluding hydrogens is 428 g/mol. The predicted molar refractivity (Wildman–Crippen MR) is 127 cm³/mol. The molecule has 1 aromatic heterocycles. The third-order valence-electron chi connectivity index (χ3n) is 5.84. The number of benzene rings is 2. The molecule has 6 nitrogen and oxygen atoms in total. The summed E-state index contributed by atoms with van der Waals surface area (Å²) < 4.78 is 30.1. The van der Waals surface area contributed by atoms with E-state index in [2.05, 4.69) is 28.5 Å². The van der Waals surface area contributed by atoms with Gasteiger partial charge in [0, 0.05) is 31.9 Å². The molecule has 0 aliphatic carbocycles. The van der Waals surface area contributed by atoms with Crippen LogP contribution in [0.3, 0.4) is 0 Å². The van der Waals surface area contributed by atoms with Crippen LogP contribution in [-0.4, -0.2) is 59.1 Å². The Kier molecular flexibility index (Phi) is 6.71. The van der Waals surface area contributed by atoms with Gasteiger partial charge in [-0.3, -0.25) is 4.90 Å². The molecule has 3 aromatic rings. The Morgan fingerprint density at radius 3 is 2.45 bits per heavy atom. The van der Waals surface area contributed by atoms with E-state index in [9.17, 15) is 8.42 Å². The summed E-state index contributed by atoms with van der Waals surface area (Å²) in [6.07, 6.45) is 1.10. The number of aromatic nitrogens is 2. The number of aryl methyl sites for hydroxylation is 2. The van der Waals surface area contributed by atoms with Crippen LogP contribution in [-0.2, 0) is 16.7 Å². The van der Waals surface area contributed by atoms with E-state index < -0.39 is 10.0 Å². The Morgan fingerprint density at radius 2 is 1.74 bits per heavy atom. The highest BCUT2D eigenvalue weighted by Gasteiger charge is 2.29. The fraction of sp³-hybridized carbons (Fsp3) is 0.435. The second-order valence-corrected chi connectivity index (χ2v) is 11.1.